The summed E-state index contributed by atoms with van der Waals surface area (Å²) >= 11 is 0. The van der Waals surface area contributed by atoms with Crippen LogP contribution in [0.15, 0.2) is 53.4 Å². The summed E-state index contributed by atoms with van der Waals surface area (Å²) in [7, 11) is -3.63. The molecule has 0 aromatic heterocycles. The average Bonchev–Trinajstić information content (AvgIpc) is 3.17. The summed E-state index contributed by atoms with van der Waals surface area (Å²) in [5, 5.41) is 2.89. The molecule has 0 saturated carbocycles. The number of sulfonamides is 1. The summed E-state index contributed by atoms with van der Waals surface area (Å²) in [6.07, 6.45) is 0.977. The zero-order valence-corrected chi connectivity index (χ0v) is 15.4. The van der Waals surface area contributed by atoms with Gasteiger partial charge in [0.25, 0.3) is 0 Å². The number of amides is 1. The van der Waals surface area contributed by atoms with Crippen molar-refractivity contribution in [1.82, 2.24) is 4.31 Å². The van der Waals surface area contributed by atoms with Gasteiger partial charge in [0.1, 0.15) is 0 Å². The van der Waals surface area contributed by atoms with E-state index in [0.717, 1.165) is 5.69 Å². The number of hydrogen-bond acceptors (Lipinski definition) is 5. The van der Waals surface area contributed by atoms with Crippen LogP contribution in [-0.2, 0) is 14.8 Å². The number of carbonyl (C=O) groups is 1. The van der Waals surface area contributed by atoms with E-state index in [2.05, 4.69) is 5.32 Å². The van der Waals surface area contributed by atoms with Gasteiger partial charge in [0.05, 0.1) is 4.90 Å². The Morgan fingerprint density at radius 1 is 1.00 bits per heavy atom. The maximum Gasteiger partial charge on any atom is 0.243 e. The van der Waals surface area contributed by atoms with Gasteiger partial charge in [-0.2, -0.15) is 4.31 Å². The third-order valence-corrected chi connectivity index (χ3v) is 6.74. The lowest BCUT2D eigenvalue weighted by Gasteiger charge is -2.30. The molecule has 0 spiro atoms. The van der Waals surface area contributed by atoms with E-state index >= 15 is 0 Å². The van der Waals surface area contributed by atoms with Gasteiger partial charge in [-0.3, -0.25) is 4.79 Å². The minimum absolute atomic E-state index is 0.0682. The molecule has 142 valence electrons. The first-order valence-electron chi connectivity index (χ1n) is 8.80. The SMILES string of the molecule is O=C(Nc1ccccc1)C1CCN(S(=O)(=O)c2ccc3c(c2)OCO3)CC1. The molecule has 2 aromatic rings. The topological polar surface area (TPSA) is 84.9 Å². The number of ether oxygens (including phenoxy) is 2. The van der Waals surface area contributed by atoms with Gasteiger partial charge >= 0.3 is 0 Å². The van der Waals surface area contributed by atoms with Gasteiger partial charge in [0, 0.05) is 30.8 Å². The van der Waals surface area contributed by atoms with Gasteiger partial charge in [-0.15, -0.1) is 0 Å². The van der Waals surface area contributed by atoms with Crippen molar-refractivity contribution in [3.05, 3.63) is 48.5 Å². The Kier molecular flexibility index (Phi) is 4.75. The molecule has 1 N–H and O–H groups in total. The Morgan fingerprint density at radius 2 is 1.70 bits per heavy atom. The number of fused-ring (bicyclic) bond motifs is 1. The molecule has 0 radical (unpaired) electrons. The standard InChI is InChI=1S/C19H20N2O5S/c22-19(20-15-4-2-1-3-5-15)14-8-10-21(11-9-14)27(23,24)16-6-7-17-18(12-16)26-13-25-17/h1-7,12,14H,8-11,13H2,(H,20,22). The zero-order valence-electron chi connectivity index (χ0n) is 14.6. The predicted octanol–water partition coefficient (Wildman–Crippen LogP) is 2.45. The van der Waals surface area contributed by atoms with Gasteiger partial charge in [0.15, 0.2) is 11.5 Å². The molecule has 1 amide bonds. The Balaban J connectivity index is 1.40. The average molecular weight is 388 g/mol. The Hall–Kier alpha value is -2.58. The van der Waals surface area contributed by atoms with Crippen molar-refractivity contribution in [2.24, 2.45) is 5.92 Å². The number of hydrogen-bond donors (Lipinski definition) is 1. The van der Waals surface area contributed by atoms with Crippen molar-refractivity contribution >= 4 is 21.6 Å². The fraction of sp³-hybridized carbons (Fsp3) is 0.316. The number of para-hydroxylation sites is 1. The molecule has 2 aromatic carbocycles. The molecule has 0 bridgehead atoms. The summed E-state index contributed by atoms with van der Waals surface area (Å²) in [4.78, 5) is 12.6. The highest BCUT2D eigenvalue weighted by atomic mass is 32.2. The first-order valence-corrected chi connectivity index (χ1v) is 10.2. The minimum atomic E-state index is -3.63. The molecular formula is C19H20N2O5S. The van der Waals surface area contributed by atoms with E-state index in [9.17, 15) is 13.2 Å². The number of carbonyl (C=O) groups excluding carboxylic acids is 1. The quantitative estimate of drug-likeness (QED) is 0.870. The van der Waals surface area contributed by atoms with Crippen LogP contribution in [-0.4, -0.2) is 38.5 Å². The van der Waals surface area contributed by atoms with E-state index in [1.807, 2.05) is 30.3 Å². The van der Waals surface area contributed by atoms with Crippen LogP contribution < -0.4 is 14.8 Å². The zero-order chi connectivity index (χ0) is 18.9. The first kappa shape index (κ1) is 17.8. The van der Waals surface area contributed by atoms with Crippen LogP contribution in [0.5, 0.6) is 11.5 Å². The van der Waals surface area contributed by atoms with E-state index in [1.54, 1.807) is 6.07 Å². The van der Waals surface area contributed by atoms with Gasteiger partial charge in [-0.1, -0.05) is 18.2 Å². The van der Waals surface area contributed by atoms with E-state index in [4.69, 9.17) is 9.47 Å². The first-order chi connectivity index (χ1) is 13.0. The highest BCUT2D eigenvalue weighted by Gasteiger charge is 2.33. The molecule has 2 aliphatic heterocycles. The van der Waals surface area contributed by atoms with Crippen molar-refractivity contribution in [2.45, 2.75) is 17.7 Å². The van der Waals surface area contributed by atoms with E-state index in [1.165, 1.54) is 16.4 Å². The molecule has 1 fully saturated rings. The third-order valence-electron chi connectivity index (χ3n) is 4.85. The third kappa shape index (κ3) is 3.63. The lowest BCUT2D eigenvalue weighted by Crippen LogP contribution is -2.41. The van der Waals surface area contributed by atoms with Crippen molar-refractivity contribution in [3.63, 3.8) is 0 Å². The fourth-order valence-corrected chi connectivity index (χ4v) is 4.80. The molecule has 1 saturated heterocycles. The summed E-state index contributed by atoms with van der Waals surface area (Å²) in [5.74, 6) is 0.716. The molecule has 0 atom stereocenters. The number of rotatable bonds is 4. The molecule has 0 aliphatic carbocycles. The number of nitrogens with zero attached hydrogens (tertiary/aromatic N) is 1. The molecule has 2 heterocycles. The second-order valence-corrected chi connectivity index (χ2v) is 8.49. The molecule has 2 aliphatic rings. The van der Waals surface area contributed by atoms with Crippen LogP contribution in [0.4, 0.5) is 5.69 Å². The summed E-state index contributed by atoms with van der Waals surface area (Å²) in [5.41, 5.74) is 0.748. The van der Waals surface area contributed by atoms with Gasteiger partial charge in [-0.05, 0) is 37.1 Å². The second-order valence-electron chi connectivity index (χ2n) is 6.55. The molecular weight excluding hydrogens is 368 g/mol. The monoisotopic (exact) mass is 388 g/mol. The molecule has 27 heavy (non-hydrogen) atoms. The Morgan fingerprint density at radius 3 is 2.44 bits per heavy atom. The van der Waals surface area contributed by atoms with Crippen LogP contribution >= 0.6 is 0 Å². The van der Waals surface area contributed by atoms with Crippen molar-refractivity contribution in [2.75, 3.05) is 25.2 Å². The van der Waals surface area contributed by atoms with Crippen LogP contribution in [0.2, 0.25) is 0 Å². The number of benzene rings is 2. The van der Waals surface area contributed by atoms with E-state index < -0.39 is 10.0 Å². The Labute approximate surface area is 157 Å². The predicted molar refractivity (Wildman–Crippen MR) is 99.1 cm³/mol. The highest BCUT2D eigenvalue weighted by molar-refractivity contribution is 7.89. The number of nitrogens with one attached hydrogen (secondary N) is 1. The van der Waals surface area contributed by atoms with E-state index in [0.29, 0.717) is 37.4 Å². The molecule has 0 unspecified atom stereocenters. The molecule has 8 heteroatoms. The van der Waals surface area contributed by atoms with Crippen LogP contribution in [0, 0.1) is 5.92 Å². The number of piperidine rings is 1. The van der Waals surface area contributed by atoms with E-state index in [-0.39, 0.29) is 23.5 Å². The smallest absolute Gasteiger partial charge is 0.243 e. The van der Waals surface area contributed by atoms with Gasteiger partial charge in [-0.25, -0.2) is 8.42 Å². The van der Waals surface area contributed by atoms with Gasteiger partial charge in [0.2, 0.25) is 22.7 Å². The Bertz CT molecular complexity index is 938. The normalized spacial score (nSPS) is 17.6. The second kappa shape index (κ2) is 7.21. The number of anilines is 1. The van der Waals surface area contributed by atoms with Crippen LogP contribution in [0.3, 0.4) is 0 Å². The van der Waals surface area contributed by atoms with Crippen molar-refractivity contribution in [3.8, 4) is 11.5 Å². The largest absolute Gasteiger partial charge is 0.454 e. The maximum atomic E-state index is 12.9. The van der Waals surface area contributed by atoms with Crippen molar-refractivity contribution in [1.29, 1.82) is 0 Å². The summed E-state index contributed by atoms with van der Waals surface area (Å²) < 4.78 is 37.7. The summed E-state index contributed by atoms with van der Waals surface area (Å²) in [6, 6.07) is 13.9. The molecule has 7 nitrogen and oxygen atoms in total. The summed E-state index contributed by atoms with van der Waals surface area (Å²) in [6.45, 7) is 0.716. The minimum Gasteiger partial charge on any atom is -0.454 e. The lowest BCUT2D eigenvalue weighted by atomic mass is 9.97. The fourth-order valence-electron chi connectivity index (χ4n) is 3.31. The lowest BCUT2D eigenvalue weighted by molar-refractivity contribution is -0.120. The molecule has 4 rings (SSSR count). The highest BCUT2D eigenvalue weighted by Crippen LogP contribution is 2.35. The van der Waals surface area contributed by atoms with Crippen LogP contribution in [0.25, 0.3) is 0 Å². The maximum absolute atomic E-state index is 12.9. The van der Waals surface area contributed by atoms with Gasteiger partial charge < -0.3 is 14.8 Å². The van der Waals surface area contributed by atoms with Crippen LogP contribution in [0.1, 0.15) is 12.8 Å². The van der Waals surface area contributed by atoms with Crippen molar-refractivity contribution < 1.29 is 22.7 Å².